The van der Waals surface area contributed by atoms with Gasteiger partial charge in [-0.15, -0.1) is 0 Å². The zero-order chi connectivity index (χ0) is 20.3. The Kier molecular flexibility index (Phi) is 7.83. The SMILES string of the molecule is CCOC(C)CC(F)(F)OC(C)(C)C(F)(F)C(F)(F)OC(C)(C)CC. The lowest BCUT2D eigenvalue weighted by atomic mass is 9.97. The second kappa shape index (κ2) is 8.00. The number of hydrogen-bond donors (Lipinski definition) is 0. The van der Waals surface area contributed by atoms with Crippen LogP contribution in [0.15, 0.2) is 0 Å². The Bertz CT molecular complexity index is 424. The Balaban J connectivity index is 5.38. The van der Waals surface area contributed by atoms with Crippen molar-refractivity contribution in [1.29, 1.82) is 0 Å². The largest absolute Gasteiger partial charge is 0.422 e. The van der Waals surface area contributed by atoms with Crippen LogP contribution in [0.3, 0.4) is 0 Å². The van der Waals surface area contributed by atoms with Gasteiger partial charge in [0, 0.05) is 6.61 Å². The van der Waals surface area contributed by atoms with Crippen molar-refractivity contribution < 1.29 is 40.6 Å². The van der Waals surface area contributed by atoms with Crippen molar-refractivity contribution in [3.8, 4) is 0 Å². The number of rotatable bonds is 11. The van der Waals surface area contributed by atoms with Crippen molar-refractivity contribution in [2.45, 2.75) is 96.8 Å². The molecule has 0 fully saturated rings. The molecule has 3 nitrogen and oxygen atoms in total. The van der Waals surface area contributed by atoms with Crippen molar-refractivity contribution in [3.05, 3.63) is 0 Å². The van der Waals surface area contributed by atoms with Crippen molar-refractivity contribution in [2.24, 2.45) is 0 Å². The van der Waals surface area contributed by atoms with E-state index in [0.29, 0.717) is 13.8 Å². The average Bonchev–Trinajstić information content (AvgIpc) is 2.35. The molecule has 25 heavy (non-hydrogen) atoms. The van der Waals surface area contributed by atoms with Crippen LogP contribution in [0.4, 0.5) is 26.3 Å². The molecule has 0 spiro atoms. The molecular weight excluding hydrogens is 354 g/mol. The third kappa shape index (κ3) is 6.60. The number of ether oxygens (including phenoxy) is 3. The lowest BCUT2D eigenvalue weighted by Gasteiger charge is -2.42. The predicted molar refractivity (Wildman–Crippen MR) is 81.2 cm³/mol. The smallest absolute Gasteiger partial charge is 0.378 e. The third-order valence-electron chi connectivity index (χ3n) is 3.76. The van der Waals surface area contributed by atoms with E-state index < -0.39 is 41.9 Å². The van der Waals surface area contributed by atoms with E-state index in [1.165, 1.54) is 27.7 Å². The summed E-state index contributed by atoms with van der Waals surface area (Å²) < 4.78 is 97.7. The molecule has 0 rings (SSSR count). The predicted octanol–water partition coefficient (Wildman–Crippen LogP) is 5.62. The first-order valence-electron chi connectivity index (χ1n) is 8.08. The van der Waals surface area contributed by atoms with E-state index >= 15 is 0 Å². The van der Waals surface area contributed by atoms with Gasteiger partial charge in [-0.3, -0.25) is 0 Å². The maximum absolute atomic E-state index is 14.3. The summed E-state index contributed by atoms with van der Waals surface area (Å²) in [5.41, 5.74) is -4.77. The van der Waals surface area contributed by atoms with Gasteiger partial charge in [0.25, 0.3) is 0 Å². The molecule has 0 heterocycles. The molecule has 1 atom stereocenters. The Hall–Kier alpha value is -0.540. The van der Waals surface area contributed by atoms with Crippen molar-refractivity contribution in [1.82, 2.24) is 0 Å². The van der Waals surface area contributed by atoms with Crippen molar-refractivity contribution in [2.75, 3.05) is 6.61 Å². The number of hydrogen-bond acceptors (Lipinski definition) is 3. The maximum atomic E-state index is 14.3. The first-order valence-corrected chi connectivity index (χ1v) is 8.08. The van der Waals surface area contributed by atoms with E-state index in [-0.39, 0.29) is 13.0 Å². The van der Waals surface area contributed by atoms with Crippen molar-refractivity contribution in [3.63, 3.8) is 0 Å². The Labute approximate surface area is 145 Å². The van der Waals surface area contributed by atoms with Gasteiger partial charge >= 0.3 is 18.1 Å². The molecule has 1 unspecified atom stereocenters. The standard InChI is InChI=1S/C16H28F6O3/c1-8-12(4,5)24-16(21,22)15(19,20)13(6,7)25-14(17,18)10-11(3)23-9-2/h11H,8-10H2,1-7H3. The van der Waals surface area contributed by atoms with E-state index in [1.54, 1.807) is 6.92 Å². The molecule has 0 N–H and O–H groups in total. The van der Waals surface area contributed by atoms with E-state index in [2.05, 4.69) is 9.47 Å². The molecule has 0 amide bonds. The summed E-state index contributed by atoms with van der Waals surface area (Å²) in [5, 5.41) is 0. The minimum absolute atomic E-state index is 0.0159. The monoisotopic (exact) mass is 382 g/mol. The highest BCUT2D eigenvalue weighted by Gasteiger charge is 2.70. The van der Waals surface area contributed by atoms with Crippen LogP contribution in [0.2, 0.25) is 0 Å². The summed E-state index contributed by atoms with van der Waals surface area (Å²) in [6.45, 7) is 7.82. The fourth-order valence-electron chi connectivity index (χ4n) is 1.99. The van der Waals surface area contributed by atoms with Crippen LogP contribution in [0.5, 0.6) is 0 Å². The molecule has 0 aromatic carbocycles. The Morgan fingerprint density at radius 3 is 1.72 bits per heavy atom. The Morgan fingerprint density at radius 2 is 1.32 bits per heavy atom. The summed E-state index contributed by atoms with van der Waals surface area (Å²) in [4.78, 5) is 0. The fraction of sp³-hybridized carbons (Fsp3) is 1.00. The highest BCUT2D eigenvalue weighted by atomic mass is 19.3. The highest BCUT2D eigenvalue weighted by Crippen LogP contribution is 2.48. The molecule has 0 bridgehead atoms. The first-order chi connectivity index (χ1) is 10.9. The molecule has 0 aromatic heterocycles. The molecule has 0 aliphatic carbocycles. The van der Waals surface area contributed by atoms with Crippen LogP contribution in [0, 0.1) is 0 Å². The summed E-state index contributed by atoms with van der Waals surface area (Å²) in [6.07, 6.45) is -11.1. The lowest BCUT2D eigenvalue weighted by molar-refractivity contribution is -0.434. The molecule has 0 radical (unpaired) electrons. The van der Waals surface area contributed by atoms with Gasteiger partial charge < -0.3 is 14.2 Å². The van der Waals surface area contributed by atoms with Gasteiger partial charge in [0.1, 0.15) is 5.60 Å². The van der Waals surface area contributed by atoms with Crippen LogP contribution in [0.25, 0.3) is 0 Å². The zero-order valence-corrected chi connectivity index (χ0v) is 15.7. The van der Waals surface area contributed by atoms with Crippen molar-refractivity contribution >= 4 is 0 Å². The van der Waals surface area contributed by atoms with E-state index in [0.717, 1.165) is 0 Å². The molecule has 0 aromatic rings. The average molecular weight is 382 g/mol. The van der Waals surface area contributed by atoms with Gasteiger partial charge in [-0.2, -0.15) is 26.3 Å². The van der Waals surface area contributed by atoms with Gasteiger partial charge in [0.2, 0.25) is 0 Å². The molecule has 0 saturated heterocycles. The highest BCUT2D eigenvalue weighted by molar-refractivity contribution is 4.96. The third-order valence-corrected chi connectivity index (χ3v) is 3.76. The van der Waals surface area contributed by atoms with Crippen LogP contribution in [-0.2, 0) is 14.2 Å². The minimum Gasteiger partial charge on any atom is -0.378 e. The molecule has 152 valence electrons. The van der Waals surface area contributed by atoms with Gasteiger partial charge in [-0.05, 0) is 48.0 Å². The fourth-order valence-corrected chi connectivity index (χ4v) is 1.99. The van der Waals surface area contributed by atoms with E-state index in [4.69, 9.17) is 4.74 Å². The summed E-state index contributed by atoms with van der Waals surface area (Å²) in [5.74, 6) is -5.01. The number of alkyl halides is 6. The quantitative estimate of drug-likeness (QED) is 0.434. The van der Waals surface area contributed by atoms with Gasteiger partial charge in [-0.25, -0.2) is 0 Å². The lowest BCUT2D eigenvalue weighted by Crippen LogP contribution is -2.61. The summed E-state index contributed by atoms with van der Waals surface area (Å²) in [7, 11) is 0. The topological polar surface area (TPSA) is 27.7 Å². The van der Waals surface area contributed by atoms with Gasteiger partial charge in [0.15, 0.2) is 0 Å². The normalized spacial score (nSPS) is 16.2. The van der Waals surface area contributed by atoms with Gasteiger partial charge in [-0.1, -0.05) is 6.92 Å². The second-order valence-corrected chi connectivity index (χ2v) is 7.03. The molecule has 0 aliphatic rings. The second-order valence-electron chi connectivity index (χ2n) is 7.03. The molecular formula is C16H28F6O3. The summed E-state index contributed by atoms with van der Waals surface area (Å²) in [6, 6.07) is 0. The molecule has 9 heteroatoms. The maximum Gasteiger partial charge on any atom is 0.422 e. The van der Waals surface area contributed by atoms with Crippen LogP contribution in [-0.4, -0.2) is 42.1 Å². The molecule has 0 saturated carbocycles. The first kappa shape index (κ1) is 24.5. The zero-order valence-electron chi connectivity index (χ0n) is 15.7. The molecule has 0 aliphatic heterocycles. The van der Waals surface area contributed by atoms with Gasteiger partial charge in [0.05, 0.1) is 18.1 Å². The summed E-state index contributed by atoms with van der Waals surface area (Å²) >= 11 is 0. The Morgan fingerprint density at radius 1 is 0.840 bits per heavy atom. The van der Waals surface area contributed by atoms with Crippen LogP contribution in [0.1, 0.15) is 61.3 Å². The van der Waals surface area contributed by atoms with Crippen LogP contribution < -0.4 is 0 Å². The number of halogens is 6. The van der Waals surface area contributed by atoms with E-state index in [1.807, 2.05) is 0 Å². The van der Waals surface area contributed by atoms with E-state index in [9.17, 15) is 26.3 Å². The van der Waals surface area contributed by atoms with Crippen LogP contribution >= 0.6 is 0 Å². The minimum atomic E-state index is -5.01.